The molecule has 0 saturated heterocycles. The van der Waals surface area contributed by atoms with Crippen LogP contribution < -0.4 is 0 Å². The smallest absolute Gasteiger partial charge is 0.263 e. The summed E-state index contributed by atoms with van der Waals surface area (Å²) in [6, 6.07) is 8.07. The molecule has 0 aromatic heterocycles. The van der Waals surface area contributed by atoms with E-state index >= 15 is 0 Å². The standard InChI is InChI=1S/C18H12N6O10S2/c1-11-3-5-13(7-17(11)23(25)26)35(29,30)33-21-15(9-19)16(10-20)22-34-36(31,32)14-6-4-12(2)18(8-14)24(27)28/h3-8H,1-2H3. The summed E-state index contributed by atoms with van der Waals surface area (Å²) in [5.74, 6) is 0. The van der Waals surface area contributed by atoms with Gasteiger partial charge in [0.05, 0.1) is 9.85 Å². The molecule has 0 aliphatic rings. The van der Waals surface area contributed by atoms with Crippen molar-refractivity contribution >= 4 is 43.0 Å². The van der Waals surface area contributed by atoms with E-state index in [0.717, 1.165) is 24.3 Å². The molecular weight excluding hydrogens is 524 g/mol. The number of nitriles is 2. The summed E-state index contributed by atoms with van der Waals surface area (Å²) < 4.78 is 57.8. The molecule has 16 nitrogen and oxygen atoms in total. The van der Waals surface area contributed by atoms with Gasteiger partial charge in [-0.1, -0.05) is 22.4 Å². The van der Waals surface area contributed by atoms with Crippen molar-refractivity contribution in [2.75, 3.05) is 0 Å². The van der Waals surface area contributed by atoms with Crippen LogP contribution in [-0.2, 0) is 28.8 Å². The summed E-state index contributed by atoms with van der Waals surface area (Å²) in [6.07, 6.45) is 0. The van der Waals surface area contributed by atoms with Crippen LogP contribution in [-0.4, -0.2) is 38.1 Å². The van der Waals surface area contributed by atoms with Gasteiger partial charge in [-0.15, -0.1) is 0 Å². The lowest BCUT2D eigenvalue weighted by Crippen LogP contribution is -2.15. The topological polar surface area (TPSA) is 245 Å². The van der Waals surface area contributed by atoms with Gasteiger partial charge in [-0.05, 0) is 26.0 Å². The number of benzene rings is 2. The monoisotopic (exact) mass is 536 g/mol. The molecule has 0 aliphatic carbocycles. The summed E-state index contributed by atoms with van der Waals surface area (Å²) in [7, 11) is -9.63. The van der Waals surface area contributed by atoms with Gasteiger partial charge in [0.15, 0.2) is 0 Å². The van der Waals surface area contributed by atoms with E-state index in [1.807, 2.05) is 0 Å². The van der Waals surface area contributed by atoms with Crippen molar-refractivity contribution < 1.29 is 35.2 Å². The lowest BCUT2D eigenvalue weighted by molar-refractivity contribution is -0.385. The molecule has 0 spiro atoms. The number of hydrogen-bond donors (Lipinski definition) is 0. The molecule has 0 fully saturated rings. The summed E-state index contributed by atoms with van der Waals surface area (Å²) in [4.78, 5) is 19.0. The normalized spacial score (nSPS) is 12.2. The van der Waals surface area contributed by atoms with Gasteiger partial charge in [0.1, 0.15) is 21.9 Å². The Kier molecular flexibility index (Phi) is 8.00. The molecule has 36 heavy (non-hydrogen) atoms. The van der Waals surface area contributed by atoms with Crippen molar-refractivity contribution in [3.05, 3.63) is 67.8 Å². The number of oxime groups is 2. The zero-order valence-corrected chi connectivity index (χ0v) is 19.7. The van der Waals surface area contributed by atoms with E-state index in [-0.39, 0.29) is 11.1 Å². The third-order valence-electron chi connectivity index (χ3n) is 4.22. The number of nitro benzene ring substituents is 2. The maximum atomic E-state index is 12.3. The lowest BCUT2D eigenvalue weighted by Gasteiger charge is -2.04. The Balaban J connectivity index is 2.36. The molecule has 0 N–H and O–H groups in total. The van der Waals surface area contributed by atoms with Crippen LogP contribution in [0, 0.1) is 56.7 Å². The van der Waals surface area contributed by atoms with E-state index in [0.29, 0.717) is 12.1 Å². The predicted octanol–water partition coefficient (Wildman–Crippen LogP) is 1.99. The summed E-state index contributed by atoms with van der Waals surface area (Å²) in [6.45, 7) is 2.72. The Morgan fingerprint density at radius 2 is 1.11 bits per heavy atom. The SMILES string of the molecule is Cc1ccc(S(=O)(=O)ON=C(C#N)C(C#N)=NOS(=O)(=O)c2ccc(C)c([N+](=O)[O-])c2)cc1[N+](=O)[O-]. The number of rotatable bonds is 9. The first-order valence-corrected chi connectivity index (χ1v) is 11.9. The number of nitro groups is 2. The van der Waals surface area contributed by atoms with Crippen molar-refractivity contribution in [3.8, 4) is 12.1 Å². The number of nitrogens with zero attached hydrogens (tertiary/aromatic N) is 6. The van der Waals surface area contributed by atoms with Gasteiger partial charge in [0.2, 0.25) is 11.4 Å². The van der Waals surface area contributed by atoms with E-state index < -0.39 is 62.7 Å². The van der Waals surface area contributed by atoms with Crippen molar-refractivity contribution in [2.45, 2.75) is 23.6 Å². The van der Waals surface area contributed by atoms with Crippen molar-refractivity contribution in [2.24, 2.45) is 10.3 Å². The Morgan fingerprint density at radius 1 is 0.778 bits per heavy atom. The highest BCUT2D eigenvalue weighted by molar-refractivity contribution is 7.87. The third-order valence-corrected chi connectivity index (χ3v) is 6.43. The minimum absolute atomic E-state index is 0.149. The molecular formula is C18H12N6O10S2. The Hall–Kier alpha value is -4.94. The van der Waals surface area contributed by atoms with Gasteiger partial charge in [0.25, 0.3) is 11.4 Å². The zero-order valence-electron chi connectivity index (χ0n) is 18.0. The molecule has 18 heteroatoms. The highest BCUT2D eigenvalue weighted by Gasteiger charge is 2.24. The number of hydrogen-bond acceptors (Lipinski definition) is 14. The quantitative estimate of drug-likeness (QED) is 0.253. The molecule has 0 unspecified atom stereocenters. The average Bonchev–Trinajstić information content (AvgIpc) is 2.81. The fourth-order valence-corrected chi connectivity index (χ4v) is 3.87. The highest BCUT2D eigenvalue weighted by Crippen LogP contribution is 2.24. The fourth-order valence-electron chi connectivity index (χ4n) is 2.37. The molecule has 0 saturated carbocycles. The van der Waals surface area contributed by atoms with Crippen molar-refractivity contribution in [3.63, 3.8) is 0 Å². The van der Waals surface area contributed by atoms with Crippen molar-refractivity contribution in [1.82, 2.24) is 0 Å². The Labute approximate surface area is 202 Å². The minimum Gasteiger partial charge on any atom is -0.263 e. The van der Waals surface area contributed by atoms with E-state index in [4.69, 9.17) is 10.5 Å². The maximum Gasteiger partial charge on any atom is 0.358 e. The van der Waals surface area contributed by atoms with E-state index in [9.17, 15) is 37.1 Å². The Morgan fingerprint density at radius 3 is 1.39 bits per heavy atom. The molecule has 0 atom stereocenters. The zero-order chi connectivity index (χ0) is 27.3. The minimum atomic E-state index is -4.81. The van der Waals surface area contributed by atoms with Crippen LogP contribution in [0.25, 0.3) is 0 Å². The lowest BCUT2D eigenvalue weighted by atomic mass is 10.2. The van der Waals surface area contributed by atoms with E-state index in [1.54, 1.807) is 0 Å². The van der Waals surface area contributed by atoms with Crippen LogP contribution in [0.5, 0.6) is 0 Å². The van der Waals surface area contributed by atoms with Crippen LogP contribution in [0.3, 0.4) is 0 Å². The van der Waals surface area contributed by atoms with Crippen LogP contribution >= 0.6 is 0 Å². The van der Waals surface area contributed by atoms with Crippen LogP contribution in [0.4, 0.5) is 11.4 Å². The van der Waals surface area contributed by atoms with E-state index in [1.165, 1.54) is 26.0 Å². The second kappa shape index (κ2) is 10.5. The van der Waals surface area contributed by atoms with Gasteiger partial charge in [-0.25, -0.2) is 0 Å². The van der Waals surface area contributed by atoms with Crippen LogP contribution in [0.15, 0.2) is 56.5 Å². The maximum absolute atomic E-state index is 12.3. The second-order valence-electron chi connectivity index (χ2n) is 6.57. The van der Waals surface area contributed by atoms with Gasteiger partial charge < -0.3 is 0 Å². The largest absolute Gasteiger partial charge is 0.358 e. The average molecular weight is 536 g/mol. The fraction of sp³-hybridized carbons (Fsp3) is 0.111. The molecule has 2 aromatic rings. The van der Waals surface area contributed by atoms with Gasteiger partial charge in [-0.3, -0.25) is 28.8 Å². The first-order chi connectivity index (χ1) is 16.7. The molecule has 2 rings (SSSR count). The summed E-state index contributed by atoms with van der Waals surface area (Å²) in [5.41, 5.74) is -3.05. The molecule has 0 aliphatic heterocycles. The number of aryl methyl sites for hydroxylation is 2. The molecule has 2 aromatic carbocycles. The molecule has 0 radical (unpaired) electrons. The first-order valence-electron chi connectivity index (χ1n) is 9.07. The third kappa shape index (κ3) is 6.14. The molecule has 0 bridgehead atoms. The van der Waals surface area contributed by atoms with Crippen molar-refractivity contribution in [1.29, 1.82) is 10.5 Å². The van der Waals surface area contributed by atoms with Gasteiger partial charge in [-0.2, -0.15) is 27.4 Å². The molecule has 0 amide bonds. The van der Waals surface area contributed by atoms with Gasteiger partial charge in [0, 0.05) is 23.3 Å². The van der Waals surface area contributed by atoms with Gasteiger partial charge >= 0.3 is 20.2 Å². The highest BCUT2D eigenvalue weighted by atomic mass is 32.2. The Bertz CT molecular complexity index is 1490. The van der Waals surface area contributed by atoms with Crippen LogP contribution in [0.2, 0.25) is 0 Å². The van der Waals surface area contributed by atoms with E-state index in [2.05, 4.69) is 18.9 Å². The summed E-state index contributed by atoms with van der Waals surface area (Å²) in [5, 5.41) is 46.3. The predicted molar refractivity (Wildman–Crippen MR) is 118 cm³/mol. The second-order valence-corrected chi connectivity index (χ2v) is 9.63. The van der Waals surface area contributed by atoms with Crippen LogP contribution in [0.1, 0.15) is 11.1 Å². The summed E-state index contributed by atoms with van der Waals surface area (Å²) >= 11 is 0. The molecule has 0 heterocycles. The first kappa shape index (κ1) is 27.3. The molecule has 186 valence electrons.